The molecule has 2 rings (SSSR count). The maximum Gasteiger partial charge on any atom is 0.401 e. The standard InChI is InChI=1S/C15H24F3N5S/c1-3-12-7-20-13(24-12)8-22-14(19-2)21-6-11-4-5-23(9-11)10-15(16,17)18/h7,11H,3-6,8-10H2,1-2H3,(H2,19,21,22). The van der Waals surface area contributed by atoms with Crippen LogP contribution in [0.4, 0.5) is 13.2 Å². The number of alkyl halides is 3. The summed E-state index contributed by atoms with van der Waals surface area (Å²) in [5, 5.41) is 7.38. The van der Waals surface area contributed by atoms with Gasteiger partial charge in [0.05, 0.1) is 13.1 Å². The van der Waals surface area contributed by atoms with E-state index < -0.39 is 12.7 Å². The van der Waals surface area contributed by atoms with Gasteiger partial charge in [0.15, 0.2) is 5.96 Å². The number of guanidine groups is 1. The molecule has 0 radical (unpaired) electrons. The van der Waals surface area contributed by atoms with Crippen molar-refractivity contribution in [3.63, 3.8) is 0 Å². The average molecular weight is 363 g/mol. The zero-order valence-electron chi connectivity index (χ0n) is 14.0. The van der Waals surface area contributed by atoms with Gasteiger partial charge in [0.25, 0.3) is 0 Å². The van der Waals surface area contributed by atoms with E-state index >= 15 is 0 Å². The molecule has 0 aliphatic carbocycles. The lowest BCUT2D eigenvalue weighted by molar-refractivity contribution is -0.143. The minimum absolute atomic E-state index is 0.206. The molecule has 2 heterocycles. The SMILES string of the molecule is CCc1cnc(CNC(=NC)NCC2CCN(CC(F)(F)F)C2)s1. The molecule has 1 aliphatic rings. The van der Waals surface area contributed by atoms with Gasteiger partial charge in [-0.25, -0.2) is 4.98 Å². The average Bonchev–Trinajstić information content (AvgIpc) is 3.15. The van der Waals surface area contributed by atoms with E-state index in [9.17, 15) is 13.2 Å². The number of aliphatic imine (C=N–C) groups is 1. The molecule has 1 aromatic heterocycles. The number of nitrogens with one attached hydrogen (secondary N) is 2. The Kier molecular flexibility index (Phi) is 6.85. The van der Waals surface area contributed by atoms with E-state index in [0.717, 1.165) is 17.8 Å². The monoisotopic (exact) mass is 363 g/mol. The summed E-state index contributed by atoms with van der Waals surface area (Å²) in [5.74, 6) is 0.856. The molecule has 0 aromatic carbocycles. The summed E-state index contributed by atoms with van der Waals surface area (Å²) < 4.78 is 37.2. The van der Waals surface area contributed by atoms with Gasteiger partial charge >= 0.3 is 6.18 Å². The van der Waals surface area contributed by atoms with Crippen LogP contribution in [0.1, 0.15) is 23.2 Å². The Morgan fingerprint density at radius 2 is 2.25 bits per heavy atom. The molecule has 0 amide bonds. The first-order chi connectivity index (χ1) is 11.4. The van der Waals surface area contributed by atoms with E-state index in [1.807, 2.05) is 6.20 Å². The fraction of sp³-hybridized carbons (Fsp3) is 0.733. The van der Waals surface area contributed by atoms with Crippen molar-refractivity contribution in [3.05, 3.63) is 16.1 Å². The molecule has 136 valence electrons. The maximum absolute atomic E-state index is 12.4. The van der Waals surface area contributed by atoms with Gasteiger partial charge < -0.3 is 10.6 Å². The highest BCUT2D eigenvalue weighted by Gasteiger charge is 2.34. The van der Waals surface area contributed by atoms with Gasteiger partial charge in [0, 0.05) is 31.2 Å². The van der Waals surface area contributed by atoms with Crippen LogP contribution < -0.4 is 10.6 Å². The van der Waals surface area contributed by atoms with Crippen LogP contribution in [-0.2, 0) is 13.0 Å². The number of hydrogen-bond acceptors (Lipinski definition) is 4. The first kappa shape index (κ1) is 19.0. The van der Waals surface area contributed by atoms with Crippen LogP contribution in [0.25, 0.3) is 0 Å². The molecule has 0 bridgehead atoms. The Balaban J connectivity index is 1.70. The van der Waals surface area contributed by atoms with Crippen molar-refractivity contribution in [2.75, 3.05) is 33.2 Å². The fourth-order valence-electron chi connectivity index (χ4n) is 2.69. The smallest absolute Gasteiger partial charge is 0.356 e. The van der Waals surface area contributed by atoms with E-state index in [1.54, 1.807) is 18.4 Å². The van der Waals surface area contributed by atoms with Gasteiger partial charge in [-0.3, -0.25) is 9.89 Å². The Morgan fingerprint density at radius 1 is 1.46 bits per heavy atom. The number of likely N-dealkylation sites (tertiary alicyclic amines) is 1. The van der Waals surface area contributed by atoms with Gasteiger partial charge in [0.1, 0.15) is 5.01 Å². The summed E-state index contributed by atoms with van der Waals surface area (Å²) in [4.78, 5) is 11.2. The van der Waals surface area contributed by atoms with Gasteiger partial charge in [-0.15, -0.1) is 11.3 Å². The predicted molar refractivity (Wildman–Crippen MR) is 90.3 cm³/mol. The van der Waals surface area contributed by atoms with E-state index in [0.29, 0.717) is 32.1 Å². The van der Waals surface area contributed by atoms with Crippen molar-refractivity contribution in [3.8, 4) is 0 Å². The van der Waals surface area contributed by atoms with Crippen LogP contribution in [-0.4, -0.2) is 55.2 Å². The number of aromatic nitrogens is 1. The van der Waals surface area contributed by atoms with Gasteiger partial charge in [-0.1, -0.05) is 6.92 Å². The number of hydrogen-bond donors (Lipinski definition) is 2. The van der Waals surface area contributed by atoms with Gasteiger partial charge in [0.2, 0.25) is 0 Å². The van der Waals surface area contributed by atoms with Crippen LogP contribution >= 0.6 is 11.3 Å². The van der Waals surface area contributed by atoms with Gasteiger partial charge in [-0.2, -0.15) is 13.2 Å². The maximum atomic E-state index is 12.4. The lowest BCUT2D eigenvalue weighted by atomic mass is 10.1. The zero-order chi connectivity index (χ0) is 17.6. The summed E-state index contributed by atoms with van der Waals surface area (Å²) in [6.07, 6.45) is -0.496. The third-order valence-electron chi connectivity index (χ3n) is 3.91. The van der Waals surface area contributed by atoms with Crippen LogP contribution in [0.2, 0.25) is 0 Å². The number of aryl methyl sites for hydroxylation is 1. The fourth-order valence-corrected chi connectivity index (χ4v) is 3.49. The van der Waals surface area contributed by atoms with Crippen molar-refractivity contribution in [1.82, 2.24) is 20.5 Å². The number of nitrogens with zero attached hydrogens (tertiary/aromatic N) is 3. The van der Waals surface area contributed by atoms with Crippen molar-refractivity contribution in [1.29, 1.82) is 0 Å². The third kappa shape index (κ3) is 6.27. The summed E-state index contributed by atoms with van der Waals surface area (Å²) in [7, 11) is 1.68. The van der Waals surface area contributed by atoms with Crippen molar-refractivity contribution >= 4 is 17.3 Å². The molecule has 1 fully saturated rings. The molecule has 0 spiro atoms. The number of thiazole rings is 1. The highest BCUT2D eigenvalue weighted by molar-refractivity contribution is 7.11. The molecule has 1 saturated heterocycles. The molecule has 1 aromatic rings. The van der Waals surface area contributed by atoms with E-state index in [2.05, 4.69) is 27.5 Å². The minimum Gasteiger partial charge on any atom is -0.356 e. The highest BCUT2D eigenvalue weighted by atomic mass is 32.1. The van der Waals surface area contributed by atoms with E-state index in [-0.39, 0.29) is 5.92 Å². The summed E-state index contributed by atoms with van der Waals surface area (Å²) in [6, 6.07) is 0. The van der Waals surface area contributed by atoms with Crippen LogP contribution in [0.15, 0.2) is 11.2 Å². The zero-order valence-corrected chi connectivity index (χ0v) is 14.8. The molecule has 0 saturated carbocycles. The van der Waals surface area contributed by atoms with E-state index in [4.69, 9.17) is 0 Å². The summed E-state index contributed by atoms with van der Waals surface area (Å²) in [6.45, 7) is 3.45. The lowest BCUT2D eigenvalue weighted by Crippen LogP contribution is -2.40. The quantitative estimate of drug-likeness (QED) is 0.601. The molecule has 1 unspecified atom stereocenters. The summed E-state index contributed by atoms with van der Waals surface area (Å²) in [5.41, 5.74) is 0. The first-order valence-corrected chi connectivity index (χ1v) is 8.88. The Morgan fingerprint density at radius 3 is 2.88 bits per heavy atom. The van der Waals surface area contributed by atoms with Crippen LogP contribution in [0.3, 0.4) is 0 Å². The molecule has 5 nitrogen and oxygen atoms in total. The van der Waals surface area contributed by atoms with Crippen molar-refractivity contribution in [2.45, 2.75) is 32.5 Å². The normalized spacial score (nSPS) is 19.7. The van der Waals surface area contributed by atoms with Crippen molar-refractivity contribution < 1.29 is 13.2 Å². The Bertz CT molecular complexity index is 543. The lowest BCUT2D eigenvalue weighted by Gasteiger charge is -2.18. The van der Waals surface area contributed by atoms with Crippen LogP contribution in [0.5, 0.6) is 0 Å². The molecular weight excluding hydrogens is 339 g/mol. The van der Waals surface area contributed by atoms with Crippen molar-refractivity contribution in [2.24, 2.45) is 10.9 Å². The second-order valence-corrected chi connectivity index (χ2v) is 7.09. The second-order valence-electron chi connectivity index (χ2n) is 5.89. The van der Waals surface area contributed by atoms with E-state index in [1.165, 1.54) is 9.78 Å². The molecule has 1 atom stereocenters. The molecular formula is C15H24F3N5S. The second kappa shape index (κ2) is 8.66. The topological polar surface area (TPSA) is 52.6 Å². The summed E-state index contributed by atoms with van der Waals surface area (Å²) >= 11 is 1.66. The molecule has 9 heteroatoms. The molecule has 2 N–H and O–H groups in total. The van der Waals surface area contributed by atoms with Crippen LogP contribution in [0, 0.1) is 5.92 Å². The van der Waals surface area contributed by atoms with Gasteiger partial charge in [-0.05, 0) is 25.3 Å². The third-order valence-corrected chi connectivity index (χ3v) is 5.05. The first-order valence-electron chi connectivity index (χ1n) is 8.06. The molecule has 1 aliphatic heterocycles. The molecule has 24 heavy (non-hydrogen) atoms. The Hall–Kier alpha value is -1.35. The predicted octanol–water partition coefficient (Wildman–Crippen LogP) is 2.25. The number of halogens is 3. The minimum atomic E-state index is -4.12. The largest absolute Gasteiger partial charge is 0.401 e. The Labute approximate surface area is 144 Å². The highest BCUT2D eigenvalue weighted by Crippen LogP contribution is 2.22. The number of rotatable bonds is 6.